The highest BCUT2D eigenvalue weighted by molar-refractivity contribution is 5.25. The van der Waals surface area contributed by atoms with E-state index in [1.165, 1.54) is 0 Å². The third-order valence-electron chi connectivity index (χ3n) is 1.89. The predicted octanol–water partition coefficient (Wildman–Crippen LogP) is 3.60. The Morgan fingerprint density at radius 1 is 0.875 bits per heavy atom. The summed E-state index contributed by atoms with van der Waals surface area (Å²) in [5.41, 5.74) is 1.74. The maximum atomic E-state index is 11.7. The Hall–Kier alpha value is -1.84. The van der Waals surface area contributed by atoms with Gasteiger partial charge in [0, 0.05) is 0 Å². The molecule has 1 aromatic carbocycles. The molecule has 0 aromatic heterocycles. The van der Waals surface area contributed by atoms with Gasteiger partial charge in [0.05, 0.1) is 0 Å². The van der Waals surface area contributed by atoms with Crippen molar-refractivity contribution in [3.8, 4) is 0 Å². The van der Waals surface area contributed by atoms with Gasteiger partial charge in [-0.2, -0.15) is 0 Å². The van der Waals surface area contributed by atoms with Gasteiger partial charge in [0.1, 0.15) is 38.4 Å². The molecule has 0 N–H and O–H groups in total. The first-order valence-electron chi connectivity index (χ1n) is 4.69. The SMILES string of the molecule is F/C=C\OCc1ccccc1CO/C=C\F. The second-order valence-electron chi connectivity index (χ2n) is 2.91. The lowest BCUT2D eigenvalue weighted by Gasteiger charge is -2.08. The molecule has 86 valence electrons. The highest BCUT2D eigenvalue weighted by Crippen LogP contribution is 2.11. The summed E-state index contributed by atoms with van der Waals surface area (Å²) in [6, 6.07) is 7.35. The molecule has 1 rings (SSSR count). The van der Waals surface area contributed by atoms with Crippen molar-refractivity contribution in [3.05, 3.63) is 60.6 Å². The lowest BCUT2D eigenvalue weighted by Crippen LogP contribution is -1.96. The van der Waals surface area contributed by atoms with Crippen LogP contribution >= 0.6 is 0 Å². The summed E-state index contributed by atoms with van der Waals surface area (Å²) in [4.78, 5) is 0. The molecular formula is C12H12F2O2. The van der Waals surface area contributed by atoms with E-state index in [9.17, 15) is 8.78 Å². The maximum Gasteiger partial charge on any atom is 0.121 e. The van der Waals surface area contributed by atoms with Crippen LogP contribution in [0.25, 0.3) is 0 Å². The molecule has 0 saturated carbocycles. The quantitative estimate of drug-likeness (QED) is 0.690. The van der Waals surface area contributed by atoms with E-state index in [-0.39, 0.29) is 13.2 Å². The zero-order valence-electron chi connectivity index (χ0n) is 8.61. The summed E-state index contributed by atoms with van der Waals surface area (Å²) in [5.74, 6) is 0. The summed E-state index contributed by atoms with van der Waals surface area (Å²) in [6.07, 6.45) is 2.59. The number of halogens is 2. The fourth-order valence-corrected chi connectivity index (χ4v) is 1.19. The van der Waals surface area contributed by atoms with E-state index in [4.69, 9.17) is 9.47 Å². The molecule has 0 atom stereocenters. The van der Waals surface area contributed by atoms with Crippen molar-refractivity contribution in [3.63, 3.8) is 0 Å². The predicted molar refractivity (Wildman–Crippen MR) is 56.5 cm³/mol. The monoisotopic (exact) mass is 226 g/mol. The zero-order valence-corrected chi connectivity index (χ0v) is 8.61. The molecule has 0 aliphatic heterocycles. The van der Waals surface area contributed by atoms with Crippen LogP contribution in [-0.4, -0.2) is 0 Å². The standard InChI is InChI=1S/C12H12F2O2/c13-5-7-15-9-11-3-1-2-4-12(11)10-16-8-6-14/h1-8H,9-10H2/b7-5-,8-6-. The molecule has 4 heteroatoms. The molecule has 0 amide bonds. The van der Waals surface area contributed by atoms with Crippen molar-refractivity contribution in [1.82, 2.24) is 0 Å². The number of hydrogen-bond acceptors (Lipinski definition) is 2. The molecule has 0 bridgehead atoms. The number of rotatable bonds is 6. The smallest absolute Gasteiger partial charge is 0.121 e. The minimum Gasteiger partial charge on any atom is -0.494 e. The Morgan fingerprint density at radius 3 is 1.69 bits per heavy atom. The molecule has 0 radical (unpaired) electrons. The van der Waals surface area contributed by atoms with E-state index in [1.807, 2.05) is 24.3 Å². The normalized spacial score (nSPS) is 11.1. The van der Waals surface area contributed by atoms with E-state index in [0.29, 0.717) is 12.7 Å². The third-order valence-corrected chi connectivity index (χ3v) is 1.89. The highest BCUT2D eigenvalue weighted by atomic mass is 19.1. The molecule has 0 spiro atoms. The number of ether oxygens (including phenoxy) is 2. The van der Waals surface area contributed by atoms with Crippen LogP contribution in [0.3, 0.4) is 0 Å². The van der Waals surface area contributed by atoms with Gasteiger partial charge in [0.15, 0.2) is 0 Å². The van der Waals surface area contributed by atoms with Crippen LogP contribution in [0.2, 0.25) is 0 Å². The minimum atomic E-state index is 0.249. The maximum absolute atomic E-state index is 11.7. The summed E-state index contributed by atoms with van der Waals surface area (Å²) in [6.45, 7) is 0.499. The molecule has 16 heavy (non-hydrogen) atoms. The summed E-state index contributed by atoms with van der Waals surface area (Å²) >= 11 is 0. The van der Waals surface area contributed by atoms with Crippen LogP contribution in [-0.2, 0) is 22.7 Å². The van der Waals surface area contributed by atoms with Crippen LogP contribution in [0.5, 0.6) is 0 Å². The first-order chi connectivity index (χ1) is 7.88. The van der Waals surface area contributed by atoms with Crippen molar-refractivity contribution < 1.29 is 18.3 Å². The Kier molecular flexibility index (Phi) is 5.70. The van der Waals surface area contributed by atoms with Crippen molar-refractivity contribution in [2.75, 3.05) is 0 Å². The molecule has 0 heterocycles. The summed E-state index contributed by atoms with van der Waals surface area (Å²) < 4.78 is 33.2. The molecule has 0 aliphatic rings. The average molecular weight is 226 g/mol. The van der Waals surface area contributed by atoms with Crippen LogP contribution in [0.1, 0.15) is 11.1 Å². The van der Waals surface area contributed by atoms with Gasteiger partial charge >= 0.3 is 0 Å². The van der Waals surface area contributed by atoms with Gasteiger partial charge in [0.2, 0.25) is 0 Å². The molecular weight excluding hydrogens is 214 g/mol. The van der Waals surface area contributed by atoms with Gasteiger partial charge in [-0.05, 0) is 11.1 Å². The topological polar surface area (TPSA) is 18.5 Å². The van der Waals surface area contributed by atoms with Gasteiger partial charge in [0.25, 0.3) is 0 Å². The van der Waals surface area contributed by atoms with Crippen molar-refractivity contribution >= 4 is 0 Å². The van der Waals surface area contributed by atoms with Crippen LogP contribution < -0.4 is 0 Å². The van der Waals surface area contributed by atoms with Crippen molar-refractivity contribution in [1.29, 1.82) is 0 Å². The lowest BCUT2D eigenvalue weighted by molar-refractivity contribution is 0.213. The largest absolute Gasteiger partial charge is 0.494 e. The van der Waals surface area contributed by atoms with Gasteiger partial charge in [-0.15, -0.1) is 0 Å². The molecule has 0 aliphatic carbocycles. The second kappa shape index (κ2) is 7.45. The molecule has 0 unspecified atom stereocenters. The van der Waals surface area contributed by atoms with Crippen molar-refractivity contribution in [2.24, 2.45) is 0 Å². The average Bonchev–Trinajstić information content (AvgIpc) is 2.32. The fraction of sp³-hybridized carbons (Fsp3) is 0.167. The number of hydrogen-bond donors (Lipinski definition) is 0. The Morgan fingerprint density at radius 2 is 1.31 bits per heavy atom. The molecule has 1 aromatic rings. The van der Waals surface area contributed by atoms with Crippen LogP contribution in [0.4, 0.5) is 8.78 Å². The fourth-order valence-electron chi connectivity index (χ4n) is 1.19. The zero-order chi connectivity index (χ0) is 11.6. The summed E-state index contributed by atoms with van der Waals surface area (Å²) in [7, 11) is 0. The van der Waals surface area contributed by atoms with Gasteiger partial charge in [-0.25, -0.2) is 8.78 Å². The third kappa shape index (κ3) is 4.13. The van der Waals surface area contributed by atoms with E-state index in [2.05, 4.69) is 0 Å². The van der Waals surface area contributed by atoms with Crippen molar-refractivity contribution in [2.45, 2.75) is 13.2 Å². The Bertz CT molecular complexity index is 327. The van der Waals surface area contributed by atoms with E-state index in [0.717, 1.165) is 23.7 Å². The Balaban J connectivity index is 2.59. The summed E-state index contributed by atoms with van der Waals surface area (Å²) in [5, 5.41) is 0. The highest BCUT2D eigenvalue weighted by Gasteiger charge is 2.01. The van der Waals surface area contributed by atoms with Gasteiger partial charge in [-0.3, -0.25) is 0 Å². The molecule has 0 fully saturated rings. The second-order valence-corrected chi connectivity index (χ2v) is 2.91. The van der Waals surface area contributed by atoms with E-state index >= 15 is 0 Å². The van der Waals surface area contributed by atoms with Crippen LogP contribution in [0.15, 0.2) is 49.4 Å². The Labute approximate surface area is 92.8 Å². The minimum absolute atomic E-state index is 0.249. The van der Waals surface area contributed by atoms with Crippen LogP contribution in [0, 0.1) is 0 Å². The lowest BCUT2D eigenvalue weighted by atomic mass is 10.1. The van der Waals surface area contributed by atoms with E-state index < -0.39 is 0 Å². The molecule has 2 nitrogen and oxygen atoms in total. The number of benzene rings is 1. The van der Waals surface area contributed by atoms with Gasteiger partial charge in [-0.1, -0.05) is 24.3 Å². The van der Waals surface area contributed by atoms with Gasteiger partial charge < -0.3 is 9.47 Å². The first kappa shape index (κ1) is 12.2. The first-order valence-corrected chi connectivity index (χ1v) is 4.69. The van der Waals surface area contributed by atoms with E-state index in [1.54, 1.807) is 0 Å². The molecule has 0 saturated heterocycles.